The van der Waals surface area contributed by atoms with Crippen molar-refractivity contribution in [1.29, 1.82) is 0 Å². The monoisotopic (exact) mass is 292 g/mol. The van der Waals surface area contributed by atoms with E-state index in [4.69, 9.17) is 10.2 Å². The van der Waals surface area contributed by atoms with Crippen molar-refractivity contribution in [3.63, 3.8) is 0 Å². The average molecular weight is 293 g/mol. The molecule has 102 valence electrons. The molecule has 0 radical (unpaired) electrons. The van der Waals surface area contributed by atoms with Gasteiger partial charge >= 0.3 is 11.9 Å². The summed E-state index contributed by atoms with van der Waals surface area (Å²) in [4.78, 5) is 40.2. The van der Waals surface area contributed by atoms with Crippen molar-refractivity contribution in [1.82, 2.24) is 0 Å². The molecule has 0 aliphatic carbocycles. The molecule has 2 N–H and O–H groups in total. The molecule has 0 aromatic heterocycles. The summed E-state index contributed by atoms with van der Waals surface area (Å²) in [7, 11) is 0. The van der Waals surface area contributed by atoms with Crippen LogP contribution in [0.15, 0.2) is 12.1 Å². The van der Waals surface area contributed by atoms with Gasteiger partial charge in [-0.1, -0.05) is 0 Å². The molecule has 0 amide bonds. The lowest BCUT2D eigenvalue weighted by Gasteiger charge is -2.01. The van der Waals surface area contributed by atoms with E-state index in [9.17, 15) is 29.8 Å². The molecule has 1 aromatic carbocycles. The molecule has 1 rings (SSSR count). The van der Waals surface area contributed by atoms with E-state index in [1.807, 2.05) is 0 Å². The molecule has 0 bridgehead atoms. The summed E-state index contributed by atoms with van der Waals surface area (Å²) in [5.74, 6) is -3.52. The predicted molar refractivity (Wildman–Crippen MR) is 60.9 cm³/mol. The molecule has 0 heterocycles. The Labute approximate surface area is 110 Å². The molecular weight excluding hydrogens is 288 g/mol. The van der Waals surface area contributed by atoms with Crippen LogP contribution in [0.2, 0.25) is 0 Å². The van der Waals surface area contributed by atoms with Crippen LogP contribution < -0.4 is 0 Å². The van der Waals surface area contributed by atoms with Gasteiger partial charge in [-0.2, -0.15) is 0 Å². The zero-order valence-corrected chi connectivity index (χ0v) is 9.62. The molecule has 0 aliphatic rings. The fourth-order valence-electron chi connectivity index (χ4n) is 1.24. The Morgan fingerprint density at radius 3 is 1.53 bits per heavy atom. The van der Waals surface area contributed by atoms with E-state index in [0.717, 1.165) is 0 Å². The van der Waals surface area contributed by atoms with E-state index >= 15 is 0 Å². The van der Waals surface area contributed by atoms with Gasteiger partial charge in [0.15, 0.2) is 0 Å². The van der Waals surface area contributed by atoms with Crippen LogP contribution >= 0.6 is 12.4 Å². The van der Waals surface area contributed by atoms with Gasteiger partial charge in [-0.05, 0) is 0 Å². The van der Waals surface area contributed by atoms with Crippen LogP contribution in [0.25, 0.3) is 0 Å². The Hall–Kier alpha value is -2.75. The standard InChI is InChI=1S/C8H4N2O8.ClH/c11-7(12)3-1-4(9(15)16)6(8(13)14)5(2-3)10(17)18;/h1-2H,(H,11,12)(H,13,14);1H. The number of rotatable bonds is 4. The minimum Gasteiger partial charge on any atom is -0.478 e. The summed E-state index contributed by atoms with van der Waals surface area (Å²) in [6, 6.07) is 0.914. The number of benzene rings is 1. The van der Waals surface area contributed by atoms with Crippen LogP contribution in [-0.4, -0.2) is 32.0 Å². The molecule has 0 spiro atoms. The second kappa shape index (κ2) is 5.73. The van der Waals surface area contributed by atoms with Gasteiger partial charge in [-0.3, -0.25) is 20.2 Å². The summed E-state index contributed by atoms with van der Waals surface area (Å²) in [6.45, 7) is 0. The Balaban J connectivity index is 0.00000324. The third-order valence-electron chi connectivity index (χ3n) is 1.95. The number of nitrogens with zero attached hydrogens (tertiary/aromatic N) is 2. The van der Waals surface area contributed by atoms with Crippen molar-refractivity contribution in [2.45, 2.75) is 0 Å². The summed E-state index contributed by atoms with van der Waals surface area (Å²) in [6.07, 6.45) is 0. The highest BCUT2D eigenvalue weighted by atomic mass is 35.5. The largest absolute Gasteiger partial charge is 0.478 e. The lowest BCUT2D eigenvalue weighted by atomic mass is 10.1. The second-order valence-electron chi connectivity index (χ2n) is 3.01. The molecule has 0 saturated heterocycles. The minimum atomic E-state index is -1.88. The minimum absolute atomic E-state index is 0. The first-order valence-electron chi connectivity index (χ1n) is 4.19. The number of hydrogen-bond donors (Lipinski definition) is 2. The Morgan fingerprint density at radius 1 is 0.947 bits per heavy atom. The third kappa shape index (κ3) is 3.13. The number of nitro benzene ring substituents is 2. The van der Waals surface area contributed by atoms with Gasteiger partial charge in [0.2, 0.25) is 5.56 Å². The lowest BCUT2D eigenvalue weighted by Crippen LogP contribution is -2.09. The molecule has 19 heavy (non-hydrogen) atoms. The van der Waals surface area contributed by atoms with E-state index in [1.165, 1.54) is 0 Å². The topological polar surface area (TPSA) is 161 Å². The Kier molecular flexibility index (Phi) is 4.90. The van der Waals surface area contributed by atoms with Gasteiger partial charge in [-0.25, -0.2) is 9.59 Å². The van der Waals surface area contributed by atoms with Gasteiger partial charge in [-0.15, -0.1) is 12.4 Å². The molecule has 10 nitrogen and oxygen atoms in total. The number of halogens is 1. The molecule has 0 unspecified atom stereocenters. The fraction of sp³-hybridized carbons (Fsp3) is 0. The predicted octanol–water partition coefficient (Wildman–Crippen LogP) is 1.32. The van der Waals surface area contributed by atoms with Gasteiger partial charge < -0.3 is 10.2 Å². The van der Waals surface area contributed by atoms with Gasteiger partial charge in [0.05, 0.1) is 15.4 Å². The van der Waals surface area contributed by atoms with E-state index in [0.29, 0.717) is 12.1 Å². The lowest BCUT2D eigenvalue weighted by molar-refractivity contribution is -0.394. The van der Waals surface area contributed by atoms with Crippen LogP contribution in [0, 0.1) is 20.2 Å². The van der Waals surface area contributed by atoms with E-state index in [-0.39, 0.29) is 12.4 Å². The number of aromatic carboxylic acids is 2. The number of carboxylic acids is 2. The molecule has 0 fully saturated rings. The molecule has 1 aromatic rings. The van der Waals surface area contributed by atoms with Crippen molar-refractivity contribution in [2.24, 2.45) is 0 Å². The first-order chi connectivity index (χ1) is 8.25. The molecule has 0 aliphatic heterocycles. The normalized spacial score (nSPS) is 9.26. The van der Waals surface area contributed by atoms with Crippen molar-refractivity contribution >= 4 is 35.7 Å². The Bertz CT molecular complexity index is 549. The third-order valence-corrected chi connectivity index (χ3v) is 1.95. The van der Waals surface area contributed by atoms with Crippen molar-refractivity contribution in [3.05, 3.63) is 43.5 Å². The van der Waals surface area contributed by atoms with Crippen molar-refractivity contribution in [2.75, 3.05) is 0 Å². The summed E-state index contributed by atoms with van der Waals surface area (Å²) in [5.41, 5.74) is -4.18. The van der Waals surface area contributed by atoms with Crippen LogP contribution in [0.1, 0.15) is 20.7 Å². The van der Waals surface area contributed by atoms with Crippen molar-refractivity contribution < 1.29 is 29.6 Å². The van der Waals surface area contributed by atoms with Gasteiger partial charge in [0.25, 0.3) is 11.4 Å². The molecule has 0 atom stereocenters. The summed E-state index contributed by atoms with van der Waals surface area (Å²) >= 11 is 0. The zero-order valence-electron chi connectivity index (χ0n) is 8.80. The quantitative estimate of drug-likeness (QED) is 0.620. The molecule has 0 saturated carbocycles. The molecular formula is C8H5ClN2O8. The van der Waals surface area contributed by atoms with Crippen molar-refractivity contribution in [3.8, 4) is 0 Å². The number of carbonyl (C=O) groups is 2. The second-order valence-corrected chi connectivity index (χ2v) is 3.01. The highest BCUT2D eigenvalue weighted by molar-refractivity contribution is 6.00. The van der Waals surface area contributed by atoms with E-state index in [2.05, 4.69) is 0 Å². The first-order valence-corrected chi connectivity index (χ1v) is 4.19. The van der Waals surface area contributed by atoms with Gasteiger partial charge in [0.1, 0.15) is 0 Å². The highest BCUT2D eigenvalue weighted by Crippen LogP contribution is 2.30. The summed E-state index contributed by atoms with van der Waals surface area (Å²) in [5, 5.41) is 38.6. The van der Waals surface area contributed by atoms with E-state index < -0.39 is 44.3 Å². The number of hydrogen-bond acceptors (Lipinski definition) is 6. The summed E-state index contributed by atoms with van der Waals surface area (Å²) < 4.78 is 0. The van der Waals surface area contributed by atoms with Crippen LogP contribution in [0.5, 0.6) is 0 Å². The highest BCUT2D eigenvalue weighted by Gasteiger charge is 2.33. The first kappa shape index (κ1) is 16.2. The van der Waals surface area contributed by atoms with Crippen LogP contribution in [0.4, 0.5) is 11.4 Å². The maximum atomic E-state index is 10.8. The van der Waals surface area contributed by atoms with Crippen LogP contribution in [-0.2, 0) is 0 Å². The van der Waals surface area contributed by atoms with Gasteiger partial charge in [0, 0.05) is 12.1 Å². The van der Waals surface area contributed by atoms with E-state index in [1.54, 1.807) is 0 Å². The smallest absolute Gasteiger partial charge is 0.349 e. The Morgan fingerprint density at radius 2 is 1.32 bits per heavy atom. The van der Waals surface area contributed by atoms with Crippen LogP contribution in [0.3, 0.4) is 0 Å². The maximum absolute atomic E-state index is 10.8. The average Bonchev–Trinajstić information content (AvgIpc) is 2.26. The number of carboxylic acid groups (broad SMARTS) is 2. The fourth-order valence-corrected chi connectivity index (χ4v) is 1.24. The zero-order chi connectivity index (χ0) is 14.0. The number of nitro groups is 2. The molecule has 11 heteroatoms. The maximum Gasteiger partial charge on any atom is 0.349 e. The SMILES string of the molecule is Cl.O=C(O)c1cc([N+](=O)[O-])c(C(=O)O)c([N+](=O)[O-])c1.